The van der Waals surface area contributed by atoms with Gasteiger partial charge in [-0.3, -0.25) is 14.3 Å². The molecule has 1 fully saturated rings. The SMILES string of the molecule is COc1c(NC(=O)C(=O)c2ccc(-c3ccc(N4CCOCC4)nc3)c3ccccc23)cc(C(C)(C)C)cc1NS(C)(=O)=O. The third-order valence-corrected chi connectivity index (χ3v) is 8.06. The summed E-state index contributed by atoms with van der Waals surface area (Å²) < 4.78 is 37.5. The number of methoxy groups -OCH3 is 1. The third kappa shape index (κ3) is 6.68. The Labute approximate surface area is 257 Å². The summed E-state index contributed by atoms with van der Waals surface area (Å²) in [5.41, 5.74) is 2.68. The Balaban J connectivity index is 1.48. The van der Waals surface area contributed by atoms with Crippen molar-refractivity contribution in [3.05, 3.63) is 78.0 Å². The van der Waals surface area contributed by atoms with Gasteiger partial charge in [0.15, 0.2) is 5.75 Å². The smallest absolute Gasteiger partial charge is 0.296 e. The van der Waals surface area contributed by atoms with Gasteiger partial charge in [0.25, 0.3) is 11.7 Å². The number of nitrogens with one attached hydrogen (secondary N) is 2. The number of carbonyl (C=O) groups excluding carboxylic acids is 2. The van der Waals surface area contributed by atoms with Crippen LogP contribution in [0.2, 0.25) is 0 Å². The standard InChI is InChI=1S/C33H36N4O6S/c1-33(2,3)22-18-27(31(42-4)28(19-22)36-44(5,40)41)35-32(39)30(38)26-12-11-23(24-8-6-7-9-25(24)26)21-10-13-29(34-20-21)37-14-16-43-17-15-37/h6-13,18-20,36H,14-17H2,1-5H3,(H,35,39). The molecule has 11 heteroatoms. The molecule has 0 atom stereocenters. The lowest BCUT2D eigenvalue weighted by Gasteiger charge is -2.27. The van der Waals surface area contributed by atoms with Crippen LogP contribution >= 0.6 is 0 Å². The second kappa shape index (κ2) is 12.3. The number of amides is 1. The molecule has 2 N–H and O–H groups in total. The summed E-state index contributed by atoms with van der Waals surface area (Å²) in [6.07, 6.45) is 2.85. The van der Waals surface area contributed by atoms with Gasteiger partial charge in [-0.15, -0.1) is 0 Å². The highest BCUT2D eigenvalue weighted by Crippen LogP contribution is 2.39. The molecule has 0 radical (unpaired) electrons. The van der Waals surface area contributed by atoms with E-state index in [9.17, 15) is 18.0 Å². The zero-order valence-corrected chi connectivity index (χ0v) is 26.2. The molecular formula is C33H36N4O6S. The highest BCUT2D eigenvalue weighted by molar-refractivity contribution is 7.92. The van der Waals surface area contributed by atoms with Gasteiger partial charge in [0.1, 0.15) is 5.82 Å². The topological polar surface area (TPSA) is 127 Å². The van der Waals surface area contributed by atoms with E-state index in [1.807, 2.05) is 69.4 Å². The first kappa shape index (κ1) is 31.0. The van der Waals surface area contributed by atoms with Crippen LogP contribution in [-0.2, 0) is 25.0 Å². The first-order chi connectivity index (χ1) is 20.9. The highest BCUT2D eigenvalue weighted by Gasteiger charge is 2.25. The van der Waals surface area contributed by atoms with Gasteiger partial charge in [-0.25, -0.2) is 13.4 Å². The van der Waals surface area contributed by atoms with Gasteiger partial charge < -0.3 is 19.7 Å². The van der Waals surface area contributed by atoms with Crippen molar-refractivity contribution in [3.63, 3.8) is 0 Å². The fraction of sp³-hybridized carbons (Fsp3) is 0.303. The van der Waals surface area contributed by atoms with Gasteiger partial charge in [0, 0.05) is 30.4 Å². The normalized spacial score (nSPS) is 13.9. The number of sulfonamides is 1. The molecule has 0 aliphatic carbocycles. The Bertz CT molecular complexity index is 1830. The van der Waals surface area contributed by atoms with Crippen molar-refractivity contribution < 1.29 is 27.5 Å². The second-order valence-electron chi connectivity index (χ2n) is 11.7. The van der Waals surface area contributed by atoms with Crippen LogP contribution in [0.1, 0.15) is 36.7 Å². The quantitative estimate of drug-likeness (QED) is 0.203. The average molecular weight is 617 g/mol. The molecule has 5 rings (SSSR count). The molecule has 230 valence electrons. The first-order valence-corrected chi connectivity index (χ1v) is 16.1. The van der Waals surface area contributed by atoms with E-state index in [2.05, 4.69) is 19.9 Å². The Hall–Kier alpha value is -4.48. The van der Waals surface area contributed by atoms with E-state index in [1.165, 1.54) is 7.11 Å². The zero-order chi connectivity index (χ0) is 31.6. The van der Waals surface area contributed by atoms with Crippen LogP contribution in [0.4, 0.5) is 17.2 Å². The van der Waals surface area contributed by atoms with Crippen LogP contribution in [-0.4, -0.2) is 64.8 Å². The number of anilines is 3. The van der Waals surface area contributed by atoms with Crippen molar-refractivity contribution in [3.8, 4) is 16.9 Å². The van der Waals surface area contributed by atoms with Crippen LogP contribution < -0.4 is 19.7 Å². The number of fused-ring (bicyclic) bond motifs is 1. The lowest BCUT2D eigenvalue weighted by atomic mass is 9.86. The number of hydrogen-bond donors (Lipinski definition) is 2. The Morgan fingerprint density at radius 2 is 1.64 bits per heavy atom. The molecule has 1 aromatic heterocycles. The van der Waals surface area contributed by atoms with E-state index in [-0.39, 0.29) is 22.7 Å². The van der Waals surface area contributed by atoms with Crippen molar-refractivity contribution in [2.45, 2.75) is 26.2 Å². The molecule has 2 heterocycles. The number of rotatable bonds is 8. The van der Waals surface area contributed by atoms with E-state index in [1.54, 1.807) is 18.2 Å². The molecule has 1 aliphatic heterocycles. The molecular weight excluding hydrogens is 580 g/mol. The van der Waals surface area contributed by atoms with Crippen molar-refractivity contribution in [2.75, 3.05) is 54.6 Å². The fourth-order valence-electron chi connectivity index (χ4n) is 5.23. The Morgan fingerprint density at radius 1 is 0.955 bits per heavy atom. The fourth-order valence-corrected chi connectivity index (χ4v) is 5.78. The number of aromatic nitrogens is 1. The van der Waals surface area contributed by atoms with Gasteiger partial charge in [0.05, 0.1) is 38.0 Å². The Kier molecular flexibility index (Phi) is 8.62. The molecule has 1 amide bonds. The molecule has 0 spiro atoms. The van der Waals surface area contributed by atoms with Crippen LogP contribution in [0.15, 0.2) is 66.9 Å². The predicted molar refractivity (Wildman–Crippen MR) is 173 cm³/mol. The molecule has 4 aromatic rings. The maximum absolute atomic E-state index is 13.6. The van der Waals surface area contributed by atoms with Crippen molar-refractivity contribution >= 4 is 49.7 Å². The van der Waals surface area contributed by atoms with Crippen LogP contribution in [0.3, 0.4) is 0 Å². The number of Topliss-reactive ketones (excluding diaryl/α,β-unsaturated/α-hetero) is 1. The molecule has 10 nitrogen and oxygen atoms in total. The van der Waals surface area contributed by atoms with Gasteiger partial charge in [-0.1, -0.05) is 51.1 Å². The van der Waals surface area contributed by atoms with Gasteiger partial charge in [-0.05, 0) is 57.6 Å². The van der Waals surface area contributed by atoms with E-state index in [0.717, 1.165) is 47.2 Å². The van der Waals surface area contributed by atoms with Crippen molar-refractivity contribution in [1.82, 2.24) is 4.98 Å². The average Bonchev–Trinajstić information content (AvgIpc) is 2.99. The van der Waals surface area contributed by atoms with E-state index in [4.69, 9.17) is 9.47 Å². The Morgan fingerprint density at radius 3 is 2.25 bits per heavy atom. The number of nitrogens with zero attached hydrogens (tertiary/aromatic N) is 2. The summed E-state index contributed by atoms with van der Waals surface area (Å²) in [6.45, 7) is 8.78. The molecule has 1 aliphatic rings. The predicted octanol–water partition coefficient (Wildman–Crippen LogP) is 5.24. The molecule has 0 saturated carbocycles. The summed E-state index contributed by atoms with van der Waals surface area (Å²) in [7, 11) is -2.29. The van der Waals surface area contributed by atoms with Crippen molar-refractivity contribution in [2.24, 2.45) is 0 Å². The van der Waals surface area contributed by atoms with Crippen LogP contribution in [0.25, 0.3) is 21.9 Å². The van der Waals surface area contributed by atoms with Gasteiger partial charge in [-0.2, -0.15) is 0 Å². The maximum Gasteiger partial charge on any atom is 0.296 e. The van der Waals surface area contributed by atoms with E-state index in [0.29, 0.717) is 18.6 Å². The second-order valence-corrected chi connectivity index (χ2v) is 13.5. The third-order valence-electron chi connectivity index (χ3n) is 7.47. The van der Waals surface area contributed by atoms with Gasteiger partial charge in [0.2, 0.25) is 10.0 Å². The minimum Gasteiger partial charge on any atom is -0.492 e. The monoisotopic (exact) mass is 616 g/mol. The molecule has 1 saturated heterocycles. The number of ether oxygens (including phenoxy) is 2. The number of hydrogen-bond acceptors (Lipinski definition) is 8. The first-order valence-electron chi connectivity index (χ1n) is 14.2. The van der Waals surface area contributed by atoms with Crippen LogP contribution in [0.5, 0.6) is 5.75 Å². The van der Waals surface area contributed by atoms with E-state index >= 15 is 0 Å². The minimum atomic E-state index is -3.66. The highest BCUT2D eigenvalue weighted by atomic mass is 32.2. The minimum absolute atomic E-state index is 0.0952. The number of morpholine rings is 1. The largest absolute Gasteiger partial charge is 0.492 e. The molecule has 0 bridgehead atoms. The van der Waals surface area contributed by atoms with Crippen molar-refractivity contribution in [1.29, 1.82) is 0 Å². The number of carbonyl (C=O) groups is 2. The summed E-state index contributed by atoms with van der Waals surface area (Å²) in [6, 6.07) is 18.2. The molecule has 44 heavy (non-hydrogen) atoms. The number of benzene rings is 3. The van der Waals surface area contributed by atoms with Gasteiger partial charge >= 0.3 is 0 Å². The summed E-state index contributed by atoms with van der Waals surface area (Å²) in [4.78, 5) is 33.9. The summed E-state index contributed by atoms with van der Waals surface area (Å²) in [5.74, 6) is -0.646. The molecule has 3 aromatic carbocycles. The summed E-state index contributed by atoms with van der Waals surface area (Å²) >= 11 is 0. The number of pyridine rings is 1. The summed E-state index contributed by atoms with van der Waals surface area (Å²) in [5, 5.41) is 4.10. The van der Waals surface area contributed by atoms with E-state index < -0.39 is 27.1 Å². The zero-order valence-electron chi connectivity index (χ0n) is 25.4. The lowest BCUT2D eigenvalue weighted by Crippen LogP contribution is -2.36. The maximum atomic E-state index is 13.6. The van der Waals surface area contributed by atoms with Crippen LogP contribution in [0, 0.1) is 0 Å². The lowest BCUT2D eigenvalue weighted by molar-refractivity contribution is -0.112. The molecule has 0 unspecified atom stereocenters. The number of ketones is 1.